The monoisotopic (exact) mass is 200 g/mol. The molecule has 13 heavy (non-hydrogen) atoms. The van der Waals surface area contributed by atoms with Crippen molar-refractivity contribution >= 4 is 17.6 Å². The summed E-state index contributed by atoms with van der Waals surface area (Å²) >= 11 is 5.66. The summed E-state index contributed by atoms with van der Waals surface area (Å²) in [4.78, 5) is 10.8. The molecule has 0 spiro atoms. The molecule has 1 N–H and O–H groups in total. The molecule has 0 bridgehead atoms. The summed E-state index contributed by atoms with van der Waals surface area (Å²) < 4.78 is 1.59. The van der Waals surface area contributed by atoms with E-state index >= 15 is 0 Å². The average molecular weight is 201 g/mol. The second-order valence-electron chi connectivity index (χ2n) is 3.44. The van der Waals surface area contributed by atoms with Crippen LogP contribution in [0.5, 0.6) is 0 Å². The number of aliphatic carboxylic acids is 1. The predicted octanol–water partition coefficient (Wildman–Crippen LogP) is 1.40. The summed E-state index contributed by atoms with van der Waals surface area (Å²) in [6.07, 6.45) is 4.63. The van der Waals surface area contributed by atoms with E-state index in [1.54, 1.807) is 10.9 Å². The van der Waals surface area contributed by atoms with Crippen LogP contribution in [-0.2, 0) is 11.3 Å². The molecule has 0 atom stereocenters. The Bertz CT molecular complexity index is 344. The maximum absolute atomic E-state index is 10.8. The number of carbonyl (C=O) groups is 1. The molecule has 0 radical (unpaired) electrons. The lowest BCUT2D eigenvalue weighted by Crippen LogP contribution is -2.21. The number of carboxylic acids is 1. The van der Waals surface area contributed by atoms with Crippen molar-refractivity contribution in [1.82, 2.24) is 9.78 Å². The predicted molar refractivity (Wildman–Crippen MR) is 46.5 cm³/mol. The van der Waals surface area contributed by atoms with Gasteiger partial charge < -0.3 is 5.11 Å². The first-order valence-corrected chi connectivity index (χ1v) is 4.42. The molecule has 1 heterocycles. The zero-order valence-electron chi connectivity index (χ0n) is 6.90. The van der Waals surface area contributed by atoms with Gasteiger partial charge in [-0.15, -0.1) is 0 Å². The molecule has 2 rings (SSSR count). The molecule has 1 aromatic heterocycles. The smallest absolute Gasteiger partial charge is 0.311 e. The molecule has 5 heteroatoms. The zero-order valence-corrected chi connectivity index (χ0v) is 7.66. The highest BCUT2D eigenvalue weighted by atomic mass is 35.5. The van der Waals surface area contributed by atoms with Gasteiger partial charge >= 0.3 is 5.97 Å². The van der Waals surface area contributed by atoms with Gasteiger partial charge in [0.05, 0.1) is 23.2 Å². The SMILES string of the molecule is O=C(O)C1(Cn2cc(Cl)cn2)CC1. The van der Waals surface area contributed by atoms with Gasteiger partial charge in [0.1, 0.15) is 0 Å². The molecule has 1 aliphatic carbocycles. The molecule has 1 saturated carbocycles. The van der Waals surface area contributed by atoms with Crippen molar-refractivity contribution in [2.24, 2.45) is 5.41 Å². The molecule has 70 valence electrons. The number of aromatic nitrogens is 2. The minimum atomic E-state index is -0.737. The van der Waals surface area contributed by atoms with Crippen LogP contribution in [0.2, 0.25) is 5.02 Å². The molecule has 0 aromatic carbocycles. The molecular formula is C8H9ClN2O2. The third-order valence-corrected chi connectivity index (χ3v) is 2.57. The van der Waals surface area contributed by atoms with Gasteiger partial charge in [-0.2, -0.15) is 5.10 Å². The van der Waals surface area contributed by atoms with Crippen molar-refractivity contribution < 1.29 is 9.90 Å². The second kappa shape index (κ2) is 2.73. The Kier molecular flexibility index (Phi) is 1.80. The minimum Gasteiger partial charge on any atom is -0.481 e. The molecule has 1 aliphatic rings. The second-order valence-corrected chi connectivity index (χ2v) is 3.88. The largest absolute Gasteiger partial charge is 0.481 e. The van der Waals surface area contributed by atoms with Gasteiger partial charge in [0.15, 0.2) is 0 Å². The number of rotatable bonds is 3. The Labute approximate surface area is 80.1 Å². The van der Waals surface area contributed by atoms with Crippen molar-refractivity contribution in [1.29, 1.82) is 0 Å². The van der Waals surface area contributed by atoms with E-state index < -0.39 is 11.4 Å². The van der Waals surface area contributed by atoms with Crippen LogP contribution in [0.1, 0.15) is 12.8 Å². The van der Waals surface area contributed by atoms with E-state index in [1.807, 2.05) is 0 Å². The van der Waals surface area contributed by atoms with Gasteiger partial charge in [-0.05, 0) is 12.8 Å². The Morgan fingerprint density at radius 3 is 2.85 bits per heavy atom. The van der Waals surface area contributed by atoms with E-state index in [0.717, 1.165) is 12.8 Å². The molecule has 0 aliphatic heterocycles. The number of hydrogen-bond donors (Lipinski definition) is 1. The molecule has 1 aromatic rings. The van der Waals surface area contributed by atoms with E-state index in [1.165, 1.54) is 6.20 Å². The maximum Gasteiger partial charge on any atom is 0.311 e. The van der Waals surface area contributed by atoms with Crippen LogP contribution in [0.3, 0.4) is 0 Å². The number of hydrogen-bond acceptors (Lipinski definition) is 2. The first-order chi connectivity index (χ1) is 6.12. The summed E-state index contributed by atoms with van der Waals surface area (Å²) in [6, 6.07) is 0. The Balaban J connectivity index is 2.10. The highest BCUT2D eigenvalue weighted by molar-refractivity contribution is 6.30. The van der Waals surface area contributed by atoms with Gasteiger partial charge in [0.25, 0.3) is 0 Å². The van der Waals surface area contributed by atoms with Gasteiger partial charge in [-0.1, -0.05) is 11.6 Å². The Hall–Kier alpha value is -1.03. The first-order valence-electron chi connectivity index (χ1n) is 4.04. The fourth-order valence-electron chi connectivity index (χ4n) is 1.33. The number of carboxylic acid groups (broad SMARTS) is 1. The lowest BCUT2D eigenvalue weighted by Gasteiger charge is -2.08. The molecule has 0 amide bonds. The van der Waals surface area contributed by atoms with Gasteiger partial charge in [-0.25, -0.2) is 0 Å². The third-order valence-electron chi connectivity index (χ3n) is 2.37. The zero-order chi connectivity index (χ0) is 9.47. The third kappa shape index (κ3) is 1.54. The van der Waals surface area contributed by atoms with Crippen molar-refractivity contribution in [3.05, 3.63) is 17.4 Å². The average Bonchev–Trinajstić information content (AvgIpc) is 2.72. The van der Waals surface area contributed by atoms with Crippen LogP contribution < -0.4 is 0 Å². The van der Waals surface area contributed by atoms with Crippen LogP contribution in [0.4, 0.5) is 0 Å². The summed E-state index contributed by atoms with van der Waals surface area (Å²) in [7, 11) is 0. The lowest BCUT2D eigenvalue weighted by molar-refractivity contribution is -0.144. The Morgan fingerprint density at radius 1 is 1.77 bits per heavy atom. The van der Waals surface area contributed by atoms with Crippen molar-refractivity contribution in [3.8, 4) is 0 Å². The lowest BCUT2D eigenvalue weighted by atomic mass is 10.1. The normalized spacial score (nSPS) is 18.5. The molecule has 4 nitrogen and oxygen atoms in total. The van der Waals surface area contributed by atoms with Crippen LogP contribution in [0.25, 0.3) is 0 Å². The standard InChI is InChI=1S/C8H9ClN2O2/c9-6-3-10-11(4-6)5-8(1-2-8)7(12)13/h3-4H,1-2,5H2,(H,12,13). The van der Waals surface area contributed by atoms with Crippen molar-refractivity contribution in [3.63, 3.8) is 0 Å². The first kappa shape index (κ1) is 8.56. The van der Waals surface area contributed by atoms with Gasteiger partial charge in [-0.3, -0.25) is 9.48 Å². The quantitative estimate of drug-likeness (QED) is 0.803. The van der Waals surface area contributed by atoms with E-state index in [4.69, 9.17) is 16.7 Å². The topological polar surface area (TPSA) is 55.1 Å². The van der Waals surface area contributed by atoms with E-state index in [-0.39, 0.29) is 0 Å². The highest BCUT2D eigenvalue weighted by Crippen LogP contribution is 2.47. The summed E-state index contributed by atoms with van der Waals surface area (Å²) in [6.45, 7) is 0.426. The van der Waals surface area contributed by atoms with Crippen LogP contribution in [-0.4, -0.2) is 20.9 Å². The molecule has 0 unspecified atom stereocenters. The van der Waals surface area contributed by atoms with Crippen LogP contribution in [0, 0.1) is 5.41 Å². The fourth-order valence-corrected chi connectivity index (χ4v) is 1.48. The summed E-state index contributed by atoms with van der Waals surface area (Å²) in [5.41, 5.74) is -0.574. The minimum absolute atomic E-state index is 0.426. The summed E-state index contributed by atoms with van der Waals surface area (Å²) in [5.74, 6) is -0.737. The molecular weight excluding hydrogens is 192 g/mol. The van der Waals surface area contributed by atoms with Crippen molar-refractivity contribution in [2.45, 2.75) is 19.4 Å². The van der Waals surface area contributed by atoms with Gasteiger partial charge in [0.2, 0.25) is 0 Å². The number of halogens is 1. The van der Waals surface area contributed by atoms with Crippen LogP contribution >= 0.6 is 11.6 Å². The highest BCUT2D eigenvalue weighted by Gasteiger charge is 2.50. The maximum atomic E-state index is 10.8. The van der Waals surface area contributed by atoms with E-state index in [9.17, 15) is 4.79 Å². The number of nitrogens with zero attached hydrogens (tertiary/aromatic N) is 2. The Morgan fingerprint density at radius 2 is 2.46 bits per heavy atom. The molecule has 1 fully saturated rings. The van der Waals surface area contributed by atoms with E-state index in [2.05, 4.69) is 5.10 Å². The van der Waals surface area contributed by atoms with Gasteiger partial charge in [0, 0.05) is 6.20 Å². The van der Waals surface area contributed by atoms with E-state index in [0.29, 0.717) is 11.6 Å². The summed E-state index contributed by atoms with van der Waals surface area (Å²) in [5, 5.41) is 13.4. The fraction of sp³-hybridized carbons (Fsp3) is 0.500. The molecule has 0 saturated heterocycles. The van der Waals surface area contributed by atoms with Crippen molar-refractivity contribution in [2.75, 3.05) is 0 Å². The van der Waals surface area contributed by atoms with Crippen LogP contribution in [0.15, 0.2) is 12.4 Å².